The molecule has 1 aromatic rings. The number of pyridine rings is 1. The third-order valence-corrected chi connectivity index (χ3v) is 1.73. The number of rotatable bonds is 5. The van der Waals surface area contributed by atoms with Crippen molar-refractivity contribution in [3.8, 4) is 0 Å². The van der Waals surface area contributed by atoms with Crippen LogP contribution in [0.3, 0.4) is 0 Å². The maximum Gasteiger partial charge on any atom is 0.131 e. The van der Waals surface area contributed by atoms with Gasteiger partial charge in [-0.25, -0.2) is 0 Å². The van der Waals surface area contributed by atoms with Crippen LogP contribution >= 0.6 is 0 Å². The summed E-state index contributed by atoms with van der Waals surface area (Å²) >= 11 is 0. The van der Waals surface area contributed by atoms with E-state index in [2.05, 4.69) is 10.3 Å². The molecular formula is C10H14N2O. The first kappa shape index (κ1) is 9.86. The number of carbonyl (C=O) groups excluding carboxylic acids is 1. The van der Waals surface area contributed by atoms with Crippen molar-refractivity contribution in [1.29, 1.82) is 0 Å². The van der Waals surface area contributed by atoms with Gasteiger partial charge in [-0.3, -0.25) is 9.78 Å². The molecule has 0 atom stereocenters. The van der Waals surface area contributed by atoms with Crippen molar-refractivity contribution in [2.75, 3.05) is 6.54 Å². The molecule has 0 bridgehead atoms. The van der Waals surface area contributed by atoms with Crippen LogP contribution in [-0.4, -0.2) is 17.3 Å². The molecule has 13 heavy (non-hydrogen) atoms. The molecule has 0 saturated carbocycles. The van der Waals surface area contributed by atoms with E-state index in [0.29, 0.717) is 6.42 Å². The van der Waals surface area contributed by atoms with Crippen LogP contribution in [0.4, 0.5) is 0 Å². The van der Waals surface area contributed by atoms with Crippen LogP contribution in [0.15, 0.2) is 24.5 Å². The zero-order valence-electron chi connectivity index (χ0n) is 7.79. The highest BCUT2D eigenvalue weighted by Gasteiger charge is 1.93. The molecule has 0 aromatic carbocycles. The van der Waals surface area contributed by atoms with Crippen molar-refractivity contribution in [2.45, 2.75) is 19.9 Å². The Morgan fingerprint density at radius 3 is 2.77 bits per heavy atom. The lowest BCUT2D eigenvalue weighted by Gasteiger charge is -2.02. The van der Waals surface area contributed by atoms with Crippen LogP contribution in [-0.2, 0) is 11.3 Å². The highest BCUT2D eigenvalue weighted by atomic mass is 16.1. The van der Waals surface area contributed by atoms with Gasteiger partial charge < -0.3 is 5.32 Å². The van der Waals surface area contributed by atoms with Gasteiger partial charge in [-0.1, -0.05) is 0 Å². The SMILES string of the molecule is CC(=O)CCNCc1ccncc1. The van der Waals surface area contributed by atoms with Crippen LogP contribution < -0.4 is 5.32 Å². The standard InChI is InChI=1S/C10H14N2O/c1-9(13)2-5-12-8-10-3-6-11-7-4-10/h3-4,6-7,12H,2,5,8H2,1H3. The number of aromatic nitrogens is 1. The summed E-state index contributed by atoms with van der Waals surface area (Å²) in [5.74, 6) is 0.224. The molecule has 1 N–H and O–H groups in total. The summed E-state index contributed by atoms with van der Waals surface area (Å²) in [7, 11) is 0. The number of hydrogen-bond donors (Lipinski definition) is 1. The molecule has 0 aliphatic rings. The minimum absolute atomic E-state index is 0.224. The molecular weight excluding hydrogens is 164 g/mol. The first-order valence-electron chi connectivity index (χ1n) is 4.38. The highest BCUT2D eigenvalue weighted by Crippen LogP contribution is 1.94. The Morgan fingerprint density at radius 2 is 2.15 bits per heavy atom. The molecule has 0 radical (unpaired) electrons. The van der Waals surface area contributed by atoms with E-state index in [0.717, 1.165) is 13.1 Å². The van der Waals surface area contributed by atoms with Gasteiger partial charge in [-0.05, 0) is 24.6 Å². The van der Waals surface area contributed by atoms with E-state index in [1.807, 2.05) is 12.1 Å². The summed E-state index contributed by atoms with van der Waals surface area (Å²) < 4.78 is 0. The molecule has 3 nitrogen and oxygen atoms in total. The Hall–Kier alpha value is -1.22. The number of Topliss-reactive ketones (excluding diaryl/α,β-unsaturated/α-hetero) is 1. The molecule has 1 aromatic heterocycles. The molecule has 0 saturated heterocycles. The van der Waals surface area contributed by atoms with Crippen LogP contribution in [0.25, 0.3) is 0 Å². The van der Waals surface area contributed by atoms with Gasteiger partial charge in [0.15, 0.2) is 0 Å². The number of nitrogens with zero attached hydrogens (tertiary/aromatic N) is 1. The molecule has 1 heterocycles. The van der Waals surface area contributed by atoms with Gasteiger partial charge in [-0.15, -0.1) is 0 Å². The molecule has 0 aliphatic heterocycles. The number of nitrogens with one attached hydrogen (secondary N) is 1. The van der Waals surface area contributed by atoms with E-state index in [9.17, 15) is 4.79 Å². The van der Waals surface area contributed by atoms with Crippen molar-refractivity contribution in [3.63, 3.8) is 0 Å². The minimum Gasteiger partial charge on any atom is -0.312 e. The normalized spacial score (nSPS) is 9.92. The third kappa shape index (κ3) is 4.38. The lowest BCUT2D eigenvalue weighted by Crippen LogP contribution is -2.16. The number of carbonyl (C=O) groups is 1. The van der Waals surface area contributed by atoms with Crippen molar-refractivity contribution in [3.05, 3.63) is 30.1 Å². The molecule has 70 valence electrons. The van der Waals surface area contributed by atoms with Crippen LogP contribution in [0, 0.1) is 0 Å². The lowest BCUT2D eigenvalue weighted by atomic mass is 10.2. The van der Waals surface area contributed by atoms with Gasteiger partial charge in [0.05, 0.1) is 0 Å². The van der Waals surface area contributed by atoms with Gasteiger partial charge in [0.2, 0.25) is 0 Å². The van der Waals surface area contributed by atoms with E-state index in [-0.39, 0.29) is 5.78 Å². The van der Waals surface area contributed by atoms with Gasteiger partial charge in [0.1, 0.15) is 5.78 Å². The average Bonchev–Trinajstić information content (AvgIpc) is 2.14. The first-order chi connectivity index (χ1) is 6.29. The monoisotopic (exact) mass is 178 g/mol. The summed E-state index contributed by atoms with van der Waals surface area (Å²) in [5, 5.41) is 3.18. The summed E-state index contributed by atoms with van der Waals surface area (Å²) in [5.41, 5.74) is 1.19. The van der Waals surface area contributed by atoms with E-state index >= 15 is 0 Å². The quantitative estimate of drug-likeness (QED) is 0.688. The van der Waals surface area contributed by atoms with Gasteiger partial charge in [0.25, 0.3) is 0 Å². The molecule has 0 fully saturated rings. The fourth-order valence-corrected chi connectivity index (χ4v) is 0.998. The largest absolute Gasteiger partial charge is 0.312 e. The van der Waals surface area contributed by atoms with Crippen LogP contribution in [0.2, 0.25) is 0 Å². The smallest absolute Gasteiger partial charge is 0.131 e. The maximum atomic E-state index is 10.6. The number of hydrogen-bond acceptors (Lipinski definition) is 3. The molecule has 1 rings (SSSR count). The molecule has 0 amide bonds. The van der Waals surface area contributed by atoms with Crippen molar-refractivity contribution in [2.24, 2.45) is 0 Å². The summed E-state index contributed by atoms with van der Waals surface area (Å²) in [6, 6.07) is 3.92. The van der Waals surface area contributed by atoms with Gasteiger partial charge >= 0.3 is 0 Å². The van der Waals surface area contributed by atoms with Crippen molar-refractivity contribution < 1.29 is 4.79 Å². The first-order valence-corrected chi connectivity index (χ1v) is 4.38. The predicted octanol–water partition coefficient (Wildman–Crippen LogP) is 1.15. The fourth-order valence-electron chi connectivity index (χ4n) is 0.998. The highest BCUT2D eigenvalue weighted by molar-refractivity contribution is 5.75. The Kier molecular flexibility index (Phi) is 4.12. The lowest BCUT2D eigenvalue weighted by molar-refractivity contribution is -0.116. The molecule has 3 heteroatoms. The number of ketones is 1. The van der Waals surface area contributed by atoms with E-state index < -0.39 is 0 Å². The van der Waals surface area contributed by atoms with Crippen LogP contribution in [0.1, 0.15) is 18.9 Å². The third-order valence-electron chi connectivity index (χ3n) is 1.73. The second-order valence-electron chi connectivity index (χ2n) is 2.98. The maximum absolute atomic E-state index is 10.6. The van der Waals surface area contributed by atoms with Gasteiger partial charge in [0, 0.05) is 31.9 Å². The molecule has 0 aliphatic carbocycles. The minimum atomic E-state index is 0.224. The summed E-state index contributed by atoms with van der Waals surface area (Å²) in [6.07, 6.45) is 4.13. The van der Waals surface area contributed by atoms with Crippen molar-refractivity contribution >= 4 is 5.78 Å². The van der Waals surface area contributed by atoms with E-state index in [4.69, 9.17) is 0 Å². The Labute approximate surface area is 78.2 Å². The van der Waals surface area contributed by atoms with Gasteiger partial charge in [-0.2, -0.15) is 0 Å². The van der Waals surface area contributed by atoms with E-state index in [1.165, 1.54) is 5.56 Å². The zero-order chi connectivity index (χ0) is 9.52. The fraction of sp³-hybridized carbons (Fsp3) is 0.400. The summed E-state index contributed by atoms with van der Waals surface area (Å²) in [6.45, 7) is 3.15. The topological polar surface area (TPSA) is 42.0 Å². The van der Waals surface area contributed by atoms with E-state index in [1.54, 1.807) is 19.3 Å². The Balaban J connectivity index is 2.17. The molecule has 0 unspecified atom stereocenters. The second kappa shape index (κ2) is 5.43. The summed E-state index contributed by atoms with van der Waals surface area (Å²) in [4.78, 5) is 14.5. The second-order valence-corrected chi connectivity index (χ2v) is 2.98. The average molecular weight is 178 g/mol. The Morgan fingerprint density at radius 1 is 1.46 bits per heavy atom. The Bertz CT molecular complexity index is 259. The van der Waals surface area contributed by atoms with Crippen molar-refractivity contribution in [1.82, 2.24) is 10.3 Å². The molecule has 0 spiro atoms. The predicted molar refractivity (Wildman–Crippen MR) is 51.2 cm³/mol. The van der Waals surface area contributed by atoms with Crippen LogP contribution in [0.5, 0.6) is 0 Å². The zero-order valence-corrected chi connectivity index (χ0v) is 7.79.